The highest BCUT2D eigenvalue weighted by molar-refractivity contribution is 5.95. The van der Waals surface area contributed by atoms with Gasteiger partial charge in [0.1, 0.15) is 5.56 Å². The van der Waals surface area contributed by atoms with E-state index in [1.807, 2.05) is 6.92 Å². The van der Waals surface area contributed by atoms with E-state index in [1.54, 1.807) is 13.8 Å². The Kier molecular flexibility index (Phi) is 5.23. The lowest BCUT2D eigenvalue weighted by Gasteiger charge is -2.15. The van der Waals surface area contributed by atoms with Gasteiger partial charge in [0.15, 0.2) is 0 Å². The van der Waals surface area contributed by atoms with Crippen LogP contribution >= 0.6 is 0 Å². The van der Waals surface area contributed by atoms with E-state index in [0.717, 1.165) is 0 Å². The molecule has 0 saturated heterocycles. The molecule has 1 aromatic heterocycles. The number of nitrogens with zero attached hydrogens (tertiary/aromatic N) is 2. The largest absolute Gasteiger partial charge is 0.396 e. The van der Waals surface area contributed by atoms with Gasteiger partial charge in [-0.3, -0.25) is 9.59 Å². The van der Waals surface area contributed by atoms with Gasteiger partial charge in [-0.15, -0.1) is 0 Å². The van der Waals surface area contributed by atoms with Crippen LogP contribution in [0, 0.1) is 13.8 Å². The van der Waals surface area contributed by atoms with Crippen LogP contribution in [0.4, 0.5) is 0 Å². The van der Waals surface area contributed by atoms with Crippen LogP contribution in [0.3, 0.4) is 0 Å². The fourth-order valence-electron chi connectivity index (χ4n) is 1.88. The number of hydrogen-bond donors (Lipinski definition) is 2. The van der Waals surface area contributed by atoms with E-state index in [4.69, 9.17) is 5.11 Å². The molecule has 1 rings (SSSR count). The lowest BCUT2D eigenvalue weighted by Crippen LogP contribution is -2.39. The van der Waals surface area contributed by atoms with Crippen molar-refractivity contribution in [3.05, 3.63) is 27.2 Å². The van der Waals surface area contributed by atoms with Crippen LogP contribution in [0.5, 0.6) is 0 Å². The van der Waals surface area contributed by atoms with Gasteiger partial charge >= 0.3 is 0 Å². The maximum Gasteiger partial charge on any atom is 0.279 e. The van der Waals surface area contributed by atoms with Gasteiger partial charge in [0.2, 0.25) is 0 Å². The van der Waals surface area contributed by atoms with Crippen molar-refractivity contribution < 1.29 is 9.90 Å². The molecule has 0 aliphatic carbocycles. The van der Waals surface area contributed by atoms with Gasteiger partial charge in [-0.2, -0.15) is 5.10 Å². The molecule has 19 heavy (non-hydrogen) atoms. The first-order valence-electron chi connectivity index (χ1n) is 6.34. The molecule has 0 radical (unpaired) electrons. The number of carbonyl (C=O) groups excluding carboxylic acids is 1. The third-order valence-corrected chi connectivity index (χ3v) is 3.13. The van der Waals surface area contributed by atoms with Gasteiger partial charge < -0.3 is 10.4 Å². The van der Waals surface area contributed by atoms with Crippen molar-refractivity contribution in [2.75, 3.05) is 6.61 Å². The van der Waals surface area contributed by atoms with E-state index in [9.17, 15) is 9.59 Å². The summed E-state index contributed by atoms with van der Waals surface area (Å²) in [6, 6.07) is -0.0859. The number of aryl methyl sites for hydroxylation is 2. The Labute approximate surface area is 112 Å². The minimum Gasteiger partial charge on any atom is -0.396 e. The summed E-state index contributed by atoms with van der Waals surface area (Å²) in [6.07, 6.45) is 1.29. The van der Waals surface area contributed by atoms with Crippen molar-refractivity contribution in [1.29, 1.82) is 0 Å². The smallest absolute Gasteiger partial charge is 0.279 e. The van der Waals surface area contributed by atoms with Crippen molar-refractivity contribution in [3.8, 4) is 0 Å². The molecule has 1 amide bonds. The Morgan fingerprint density at radius 2 is 2.11 bits per heavy atom. The van der Waals surface area contributed by atoms with Crippen molar-refractivity contribution in [3.63, 3.8) is 0 Å². The van der Waals surface area contributed by atoms with Gasteiger partial charge in [-0.25, -0.2) is 4.68 Å². The average molecular weight is 267 g/mol. The van der Waals surface area contributed by atoms with Crippen LogP contribution in [0.15, 0.2) is 4.79 Å². The van der Waals surface area contributed by atoms with Gasteiger partial charge in [0, 0.05) is 19.7 Å². The third-order valence-electron chi connectivity index (χ3n) is 3.13. The third kappa shape index (κ3) is 3.64. The molecule has 106 valence electrons. The van der Waals surface area contributed by atoms with E-state index in [2.05, 4.69) is 10.4 Å². The molecule has 0 aliphatic heterocycles. The topological polar surface area (TPSA) is 84.2 Å². The summed E-state index contributed by atoms with van der Waals surface area (Å²) in [6.45, 7) is 5.43. The number of rotatable bonds is 5. The Morgan fingerprint density at radius 1 is 1.47 bits per heavy atom. The van der Waals surface area contributed by atoms with Crippen LogP contribution in [0.25, 0.3) is 0 Å². The molecule has 1 aromatic rings. The summed E-state index contributed by atoms with van der Waals surface area (Å²) in [4.78, 5) is 24.1. The first kappa shape index (κ1) is 15.4. The standard InChI is InChI=1S/C13H21N3O3/c1-8(6-5-7-17)14-12(18)11-9(2)10(3)15-16(4)13(11)19/h8,17H,5-7H2,1-4H3,(H,14,18). The molecule has 2 N–H and O–H groups in total. The number of aliphatic hydroxyl groups is 1. The summed E-state index contributed by atoms with van der Waals surface area (Å²) in [5.74, 6) is -0.381. The first-order chi connectivity index (χ1) is 8.88. The lowest BCUT2D eigenvalue weighted by molar-refractivity contribution is 0.0933. The summed E-state index contributed by atoms with van der Waals surface area (Å²) >= 11 is 0. The van der Waals surface area contributed by atoms with Gasteiger partial charge in [-0.1, -0.05) is 0 Å². The molecular formula is C13H21N3O3. The zero-order valence-electron chi connectivity index (χ0n) is 11.9. The molecule has 0 bridgehead atoms. The predicted molar refractivity (Wildman–Crippen MR) is 72.2 cm³/mol. The van der Waals surface area contributed by atoms with Crippen LogP contribution < -0.4 is 10.9 Å². The summed E-state index contributed by atoms with van der Waals surface area (Å²) in [5, 5.41) is 15.6. The number of aliphatic hydroxyl groups excluding tert-OH is 1. The molecule has 0 saturated carbocycles. The normalized spacial score (nSPS) is 12.3. The van der Waals surface area contributed by atoms with Crippen LogP contribution in [-0.2, 0) is 7.05 Å². The van der Waals surface area contributed by atoms with Gasteiger partial charge in [0.25, 0.3) is 11.5 Å². The highest BCUT2D eigenvalue weighted by atomic mass is 16.3. The average Bonchev–Trinajstić information content (AvgIpc) is 2.34. The van der Waals surface area contributed by atoms with E-state index in [1.165, 1.54) is 11.7 Å². The molecule has 0 fully saturated rings. The zero-order chi connectivity index (χ0) is 14.6. The number of nitrogens with one attached hydrogen (secondary N) is 1. The van der Waals surface area contributed by atoms with E-state index < -0.39 is 5.56 Å². The van der Waals surface area contributed by atoms with Crippen molar-refractivity contribution in [1.82, 2.24) is 15.1 Å². The van der Waals surface area contributed by atoms with Crippen molar-refractivity contribution >= 4 is 5.91 Å². The van der Waals surface area contributed by atoms with E-state index in [-0.39, 0.29) is 24.1 Å². The predicted octanol–water partition coefficient (Wildman–Crippen LogP) is 0.288. The quantitative estimate of drug-likeness (QED) is 0.803. The van der Waals surface area contributed by atoms with Crippen molar-refractivity contribution in [2.45, 2.75) is 39.7 Å². The van der Waals surface area contributed by atoms with Crippen molar-refractivity contribution in [2.24, 2.45) is 7.05 Å². The maximum atomic E-state index is 12.1. The Hall–Kier alpha value is -1.69. The molecule has 1 unspecified atom stereocenters. The lowest BCUT2D eigenvalue weighted by atomic mass is 10.1. The number of amides is 1. The second kappa shape index (κ2) is 6.47. The maximum absolute atomic E-state index is 12.1. The molecule has 6 nitrogen and oxygen atoms in total. The Morgan fingerprint density at radius 3 is 2.68 bits per heavy atom. The van der Waals surface area contributed by atoms with Crippen LogP contribution in [0.2, 0.25) is 0 Å². The molecule has 1 atom stereocenters. The molecule has 1 heterocycles. The summed E-state index contributed by atoms with van der Waals surface area (Å²) in [5.41, 5.74) is 1.02. The Balaban J connectivity index is 2.97. The number of carbonyl (C=O) groups is 1. The molecule has 0 spiro atoms. The highest BCUT2D eigenvalue weighted by Gasteiger charge is 2.19. The summed E-state index contributed by atoms with van der Waals surface area (Å²) < 4.78 is 1.18. The monoisotopic (exact) mass is 267 g/mol. The van der Waals surface area contributed by atoms with Gasteiger partial charge in [-0.05, 0) is 39.2 Å². The molecule has 0 aliphatic rings. The minimum atomic E-state index is -0.394. The zero-order valence-corrected chi connectivity index (χ0v) is 11.9. The van der Waals surface area contributed by atoms with Gasteiger partial charge in [0.05, 0.1) is 5.69 Å². The fourth-order valence-corrected chi connectivity index (χ4v) is 1.88. The molecule has 0 aromatic carbocycles. The number of aromatic nitrogens is 2. The summed E-state index contributed by atoms with van der Waals surface area (Å²) in [7, 11) is 1.53. The SMILES string of the molecule is Cc1nn(C)c(=O)c(C(=O)NC(C)CCCO)c1C. The van der Waals surface area contributed by atoms with E-state index >= 15 is 0 Å². The molecule has 6 heteroatoms. The minimum absolute atomic E-state index is 0.0859. The second-order valence-corrected chi connectivity index (χ2v) is 4.75. The van der Waals surface area contributed by atoms with Crippen LogP contribution in [0.1, 0.15) is 41.4 Å². The highest BCUT2D eigenvalue weighted by Crippen LogP contribution is 2.06. The second-order valence-electron chi connectivity index (χ2n) is 4.75. The first-order valence-corrected chi connectivity index (χ1v) is 6.34. The molecular weight excluding hydrogens is 246 g/mol. The van der Waals surface area contributed by atoms with E-state index in [0.29, 0.717) is 24.1 Å². The van der Waals surface area contributed by atoms with Crippen LogP contribution in [-0.4, -0.2) is 33.4 Å². The number of hydrogen-bond acceptors (Lipinski definition) is 4. The fraction of sp³-hybridized carbons (Fsp3) is 0.615. The Bertz CT molecular complexity index is 523.